The molecule has 0 spiro atoms. The first-order valence-corrected chi connectivity index (χ1v) is 11.5. The Morgan fingerprint density at radius 2 is 1.10 bits per heavy atom. The molecule has 4 rings (SSSR count). The molecule has 152 valence electrons. The van der Waals surface area contributed by atoms with Crippen LogP contribution in [0.3, 0.4) is 0 Å². The molecule has 0 saturated heterocycles. The number of carbonyl (C=O) groups is 1. The molecule has 0 saturated carbocycles. The summed E-state index contributed by atoms with van der Waals surface area (Å²) in [6, 6.07) is 20.6. The van der Waals surface area contributed by atoms with E-state index in [1.165, 1.54) is 0 Å². The molecule has 0 unspecified atom stereocenters. The van der Waals surface area contributed by atoms with Gasteiger partial charge in [-0.1, -0.05) is 24.3 Å². The molecule has 0 aliphatic carbocycles. The largest absolute Gasteiger partial charge is 0.378 e. The van der Waals surface area contributed by atoms with Crippen molar-refractivity contribution in [3.05, 3.63) is 82.6 Å². The molecule has 0 atom stereocenters. The molecule has 0 aliphatic rings. The monoisotopic (exact) mass is 432 g/mol. The summed E-state index contributed by atoms with van der Waals surface area (Å²) in [5, 5.41) is 4.01. The highest BCUT2D eigenvalue weighted by atomic mass is 32.1. The first-order valence-electron chi connectivity index (χ1n) is 9.71. The molecule has 2 aromatic carbocycles. The molecule has 4 aromatic rings. The van der Waals surface area contributed by atoms with Gasteiger partial charge in [-0.3, -0.25) is 4.79 Å². The Kier molecular flexibility index (Phi) is 5.75. The quantitative estimate of drug-likeness (QED) is 0.325. The van der Waals surface area contributed by atoms with Crippen molar-refractivity contribution >= 4 is 39.8 Å². The average molecular weight is 433 g/mol. The number of hydrogen-bond acceptors (Lipinski definition) is 5. The maximum absolute atomic E-state index is 13.6. The smallest absolute Gasteiger partial charge is 0.195 e. The van der Waals surface area contributed by atoms with E-state index in [9.17, 15) is 4.79 Å². The Bertz CT molecular complexity index is 1100. The van der Waals surface area contributed by atoms with E-state index in [4.69, 9.17) is 0 Å². The molecule has 5 heteroatoms. The fourth-order valence-corrected chi connectivity index (χ4v) is 5.20. The lowest BCUT2D eigenvalue weighted by Crippen LogP contribution is -2.08. The van der Waals surface area contributed by atoms with Gasteiger partial charge >= 0.3 is 0 Å². The molecule has 0 aliphatic heterocycles. The van der Waals surface area contributed by atoms with Crippen LogP contribution in [-0.2, 0) is 0 Å². The highest BCUT2D eigenvalue weighted by molar-refractivity contribution is 7.14. The highest BCUT2D eigenvalue weighted by Crippen LogP contribution is 2.37. The fraction of sp³-hybridized carbons (Fsp3) is 0.160. The summed E-state index contributed by atoms with van der Waals surface area (Å²) in [4.78, 5) is 19.8. The SMILES string of the molecule is CN(C)c1cccc(-c2sccc2C(=O)c2ccsc2-c2cccc(N(C)C)c2)c1. The van der Waals surface area contributed by atoms with E-state index in [2.05, 4.69) is 46.2 Å². The molecule has 0 N–H and O–H groups in total. The van der Waals surface area contributed by atoms with Gasteiger partial charge in [0.1, 0.15) is 0 Å². The maximum atomic E-state index is 13.6. The Balaban J connectivity index is 1.74. The number of rotatable bonds is 6. The van der Waals surface area contributed by atoms with Gasteiger partial charge in [-0.05, 0) is 58.3 Å². The first kappa shape index (κ1) is 20.4. The summed E-state index contributed by atoms with van der Waals surface area (Å²) in [7, 11) is 8.11. The second kappa shape index (κ2) is 8.46. The van der Waals surface area contributed by atoms with Crippen LogP contribution in [0.1, 0.15) is 15.9 Å². The number of thiophene rings is 2. The van der Waals surface area contributed by atoms with E-state index in [1.54, 1.807) is 22.7 Å². The number of carbonyl (C=O) groups excluding carboxylic acids is 1. The molecule has 3 nitrogen and oxygen atoms in total. The van der Waals surface area contributed by atoms with Crippen molar-refractivity contribution in [3.8, 4) is 20.9 Å². The van der Waals surface area contributed by atoms with Crippen LogP contribution in [0.4, 0.5) is 11.4 Å². The lowest BCUT2D eigenvalue weighted by molar-refractivity contribution is 0.104. The van der Waals surface area contributed by atoms with E-state index < -0.39 is 0 Å². The van der Waals surface area contributed by atoms with Gasteiger partial charge in [0.15, 0.2) is 5.78 Å². The van der Waals surface area contributed by atoms with Gasteiger partial charge in [0, 0.05) is 60.4 Å². The Labute approximate surface area is 185 Å². The van der Waals surface area contributed by atoms with Crippen molar-refractivity contribution in [2.24, 2.45) is 0 Å². The number of anilines is 2. The maximum Gasteiger partial charge on any atom is 0.195 e. The van der Waals surface area contributed by atoms with E-state index in [0.29, 0.717) is 0 Å². The Hall–Kier alpha value is -2.89. The predicted octanol–water partition coefficient (Wildman–Crippen LogP) is 6.51. The van der Waals surface area contributed by atoms with Crippen LogP contribution < -0.4 is 9.80 Å². The van der Waals surface area contributed by atoms with Crippen LogP contribution in [0.25, 0.3) is 20.9 Å². The molecule has 2 heterocycles. The summed E-state index contributed by atoms with van der Waals surface area (Å²) in [6.45, 7) is 0. The van der Waals surface area contributed by atoms with Crippen molar-refractivity contribution in [3.63, 3.8) is 0 Å². The van der Waals surface area contributed by atoms with Gasteiger partial charge in [0.25, 0.3) is 0 Å². The zero-order valence-electron chi connectivity index (χ0n) is 17.5. The lowest BCUT2D eigenvalue weighted by Gasteiger charge is -2.14. The molecule has 2 aromatic heterocycles. The van der Waals surface area contributed by atoms with Gasteiger partial charge in [0.05, 0.1) is 0 Å². The second-order valence-corrected chi connectivity index (χ2v) is 9.38. The minimum atomic E-state index is 0.0769. The summed E-state index contributed by atoms with van der Waals surface area (Å²) < 4.78 is 0. The van der Waals surface area contributed by atoms with Crippen LogP contribution in [0.5, 0.6) is 0 Å². The van der Waals surface area contributed by atoms with Crippen LogP contribution in [0.2, 0.25) is 0 Å². The van der Waals surface area contributed by atoms with Crippen LogP contribution >= 0.6 is 22.7 Å². The summed E-state index contributed by atoms with van der Waals surface area (Å²) in [5.41, 5.74) is 5.92. The van der Waals surface area contributed by atoms with E-state index >= 15 is 0 Å². The van der Waals surface area contributed by atoms with Gasteiger partial charge in [-0.2, -0.15) is 0 Å². The van der Waals surface area contributed by atoms with Gasteiger partial charge in [-0.15, -0.1) is 22.7 Å². The van der Waals surface area contributed by atoms with Crippen molar-refractivity contribution < 1.29 is 4.79 Å². The lowest BCUT2D eigenvalue weighted by atomic mass is 9.99. The minimum absolute atomic E-state index is 0.0769. The molecule has 0 amide bonds. The molecule has 30 heavy (non-hydrogen) atoms. The predicted molar refractivity (Wildman–Crippen MR) is 132 cm³/mol. The summed E-state index contributed by atoms with van der Waals surface area (Å²) in [6.07, 6.45) is 0. The van der Waals surface area contributed by atoms with Crippen molar-refractivity contribution in [2.75, 3.05) is 38.0 Å². The Morgan fingerprint density at radius 3 is 1.50 bits per heavy atom. The molecule has 0 bridgehead atoms. The number of benzene rings is 2. The van der Waals surface area contributed by atoms with Gasteiger partial charge in [0.2, 0.25) is 0 Å². The van der Waals surface area contributed by atoms with Crippen molar-refractivity contribution in [1.29, 1.82) is 0 Å². The topological polar surface area (TPSA) is 23.6 Å². The molecular formula is C25H24N2OS2. The molecule has 0 radical (unpaired) electrons. The third kappa shape index (κ3) is 3.91. The molecular weight excluding hydrogens is 408 g/mol. The summed E-state index contributed by atoms with van der Waals surface area (Å²) in [5.74, 6) is 0.0769. The van der Waals surface area contributed by atoms with Gasteiger partial charge in [-0.25, -0.2) is 0 Å². The van der Waals surface area contributed by atoms with Crippen molar-refractivity contribution in [2.45, 2.75) is 0 Å². The van der Waals surface area contributed by atoms with E-state index in [1.807, 2.05) is 63.2 Å². The zero-order valence-corrected chi connectivity index (χ0v) is 19.2. The Morgan fingerprint density at radius 1 is 0.667 bits per heavy atom. The molecule has 0 fully saturated rings. The third-order valence-electron chi connectivity index (χ3n) is 5.07. The van der Waals surface area contributed by atoms with E-state index in [-0.39, 0.29) is 5.78 Å². The average Bonchev–Trinajstić information content (AvgIpc) is 3.43. The first-order chi connectivity index (χ1) is 14.5. The zero-order chi connectivity index (χ0) is 21.3. The third-order valence-corrected chi connectivity index (χ3v) is 7.00. The number of nitrogens with zero attached hydrogens (tertiary/aromatic N) is 2. The standard InChI is InChI=1S/C25H24N2OS2/c1-26(2)19-9-5-7-17(15-19)24-21(11-13-29-24)23(28)22-12-14-30-25(22)18-8-6-10-20(16-18)27(3)4/h5-16H,1-4H3. The highest BCUT2D eigenvalue weighted by Gasteiger charge is 2.21. The fourth-order valence-electron chi connectivity index (χ4n) is 3.42. The van der Waals surface area contributed by atoms with E-state index in [0.717, 1.165) is 43.4 Å². The van der Waals surface area contributed by atoms with Crippen LogP contribution in [0.15, 0.2) is 71.4 Å². The second-order valence-electron chi connectivity index (χ2n) is 7.55. The van der Waals surface area contributed by atoms with Crippen LogP contribution in [-0.4, -0.2) is 34.0 Å². The van der Waals surface area contributed by atoms with Crippen molar-refractivity contribution in [1.82, 2.24) is 0 Å². The summed E-state index contributed by atoms with van der Waals surface area (Å²) >= 11 is 3.23. The number of ketones is 1. The normalized spacial score (nSPS) is 10.8. The minimum Gasteiger partial charge on any atom is -0.378 e. The van der Waals surface area contributed by atoms with Crippen LogP contribution in [0, 0.1) is 0 Å². The van der Waals surface area contributed by atoms with Gasteiger partial charge < -0.3 is 9.80 Å². The number of hydrogen-bond donors (Lipinski definition) is 0.